The van der Waals surface area contributed by atoms with Gasteiger partial charge in [-0.05, 0) is 66.2 Å². The summed E-state index contributed by atoms with van der Waals surface area (Å²) < 4.78 is 10.9. The SMILES string of the molecule is COc1ccc(/C=C2\SC(=Nc3ccccc3)N(c3c(C)noc3/C=C/c3ccccc3)C2=O)cc1. The van der Waals surface area contributed by atoms with Gasteiger partial charge in [0.2, 0.25) is 0 Å². The number of para-hydroxylation sites is 1. The summed E-state index contributed by atoms with van der Waals surface area (Å²) in [4.78, 5) is 20.7. The van der Waals surface area contributed by atoms with Crippen molar-refractivity contribution in [3.8, 4) is 5.75 Å². The summed E-state index contributed by atoms with van der Waals surface area (Å²) in [6, 6.07) is 27.0. The maximum atomic E-state index is 13.7. The number of carbonyl (C=O) groups excluding carboxylic acids is 1. The number of aryl methyl sites for hydroxylation is 1. The Bertz CT molecular complexity index is 1460. The predicted octanol–water partition coefficient (Wildman–Crippen LogP) is 6.97. The van der Waals surface area contributed by atoms with Gasteiger partial charge in [0, 0.05) is 0 Å². The Morgan fingerprint density at radius 2 is 1.61 bits per heavy atom. The lowest BCUT2D eigenvalue weighted by atomic mass is 10.1. The van der Waals surface area contributed by atoms with Crippen LogP contribution in [0.4, 0.5) is 11.4 Å². The zero-order valence-corrected chi connectivity index (χ0v) is 20.6. The molecule has 6 nitrogen and oxygen atoms in total. The zero-order valence-electron chi connectivity index (χ0n) is 19.8. The van der Waals surface area contributed by atoms with E-state index < -0.39 is 0 Å². The fourth-order valence-corrected chi connectivity index (χ4v) is 4.70. The first-order chi connectivity index (χ1) is 17.6. The second kappa shape index (κ2) is 10.5. The van der Waals surface area contributed by atoms with E-state index in [1.807, 2.05) is 110 Å². The van der Waals surface area contributed by atoms with Crippen LogP contribution >= 0.6 is 11.8 Å². The third-order valence-corrected chi connectivity index (χ3v) is 6.48. The lowest BCUT2D eigenvalue weighted by Crippen LogP contribution is -2.29. The van der Waals surface area contributed by atoms with E-state index in [0.29, 0.717) is 27.2 Å². The average Bonchev–Trinajstić information content (AvgIpc) is 3.42. The fourth-order valence-electron chi connectivity index (χ4n) is 3.71. The number of aromatic nitrogens is 1. The molecule has 0 bridgehead atoms. The van der Waals surface area contributed by atoms with Crippen molar-refractivity contribution in [2.45, 2.75) is 6.92 Å². The Kier molecular flexibility index (Phi) is 6.82. The largest absolute Gasteiger partial charge is 0.497 e. The highest BCUT2D eigenvalue weighted by Crippen LogP contribution is 2.40. The minimum absolute atomic E-state index is 0.189. The number of hydrogen-bond donors (Lipinski definition) is 0. The molecule has 1 saturated heterocycles. The van der Waals surface area contributed by atoms with Crippen LogP contribution in [0, 0.1) is 6.92 Å². The second-order valence-corrected chi connectivity index (χ2v) is 8.99. The summed E-state index contributed by atoms with van der Waals surface area (Å²) in [6.07, 6.45) is 5.61. The first-order valence-corrected chi connectivity index (χ1v) is 12.2. The number of amides is 1. The van der Waals surface area contributed by atoms with E-state index >= 15 is 0 Å². The number of benzene rings is 3. The maximum Gasteiger partial charge on any atom is 0.271 e. The van der Waals surface area contributed by atoms with Crippen molar-refractivity contribution in [3.63, 3.8) is 0 Å². The molecule has 0 unspecified atom stereocenters. The molecule has 5 rings (SSSR count). The molecule has 1 amide bonds. The van der Waals surface area contributed by atoms with Gasteiger partial charge in [-0.15, -0.1) is 0 Å². The van der Waals surface area contributed by atoms with E-state index in [-0.39, 0.29) is 5.91 Å². The molecule has 0 saturated carbocycles. The van der Waals surface area contributed by atoms with E-state index in [1.165, 1.54) is 11.8 Å². The van der Waals surface area contributed by atoms with Crippen LogP contribution in [0.2, 0.25) is 0 Å². The van der Waals surface area contributed by atoms with Crippen molar-refractivity contribution < 1.29 is 14.1 Å². The van der Waals surface area contributed by atoms with E-state index in [9.17, 15) is 4.79 Å². The number of methoxy groups -OCH3 is 1. The number of anilines is 1. The minimum atomic E-state index is -0.189. The Morgan fingerprint density at radius 3 is 2.31 bits per heavy atom. The molecule has 36 heavy (non-hydrogen) atoms. The van der Waals surface area contributed by atoms with Gasteiger partial charge in [-0.1, -0.05) is 71.9 Å². The summed E-state index contributed by atoms with van der Waals surface area (Å²) in [7, 11) is 1.62. The summed E-state index contributed by atoms with van der Waals surface area (Å²) >= 11 is 1.32. The van der Waals surface area contributed by atoms with E-state index in [2.05, 4.69) is 5.16 Å². The van der Waals surface area contributed by atoms with Gasteiger partial charge in [0.25, 0.3) is 5.91 Å². The average molecular weight is 494 g/mol. The maximum absolute atomic E-state index is 13.7. The standard InChI is InChI=1S/C29H23N3O3S/c1-20-27(25(35-31-20)18-15-21-9-5-3-6-10-21)32-28(33)26(19-22-13-16-24(34-2)17-14-22)36-29(32)30-23-11-7-4-8-12-23/h3-19H,1-2H3/b18-15+,26-19-,30-29?. The highest BCUT2D eigenvalue weighted by molar-refractivity contribution is 8.19. The molecule has 1 aromatic heterocycles. The van der Waals surface area contributed by atoms with Crippen molar-refractivity contribution in [1.29, 1.82) is 0 Å². The van der Waals surface area contributed by atoms with Gasteiger partial charge in [0.1, 0.15) is 17.1 Å². The molecular weight excluding hydrogens is 470 g/mol. The summed E-state index contributed by atoms with van der Waals surface area (Å²) in [5, 5.41) is 4.69. The number of carbonyl (C=O) groups is 1. The van der Waals surface area contributed by atoms with Crippen LogP contribution in [0.25, 0.3) is 18.2 Å². The van der Waals surface area contributed by atoms with Gasteiger partial charge in [0.05, 0.1) is 17.7 Å². The summed E-state index contributed by atoms with van der Waals surface area (Å²) in [6.45, 7) is 1.82. The lowest BCUT2D eigenvalue weighted by molar-refractivity contribution is -0.113. The number of nitrogens with zero attached hydrogens (tertiary/aromatic N) is 3. The van der Waals surface area contributed by atoms with Gasteiger partial charge in [-0.3, -0.25) is 4.79 Å². The highest BCUT2D eigenvalue weighted by Gasteiger charge is 2.38. The van der Waals surface area contributed by atoms with Crippen LogP contribution in [0.5, 0.6) is 5.75 Å². The molecule has 0 N–H and O–H groups in total. The van der Waals surface area contributed by atoms with Crippen LogP contribution in [-0.4, -0.2) is 23.3 Å². The Balaban J connectivity index is 1.57. The molecule has 0 spiro atoms. The molecule has 0 aliphatic carbocycles. The van der Waals surface area contributed by atoms with E-state index in [1.54, 1.807) is 12.0 Å². The van der Waals surface area contributed by atoms with Crippen LogP contribution in [0.15, 0.2) is 99.3 Å². The van der Waals surface area contributed by atoms with Crippen molar-refractivity contribution in [1.82, 2.24) is 5.16 Å². The summed E-state index contributed by atoms with van der Waals surface area (Å²) in [5.74, 6) is 1.05. The number of thioether (sulfide) groups is 1. The number of hydrogen-bond acceptors (Lipinski definition) is 6. The lowest BCUT2D eigenvalue weighted by Gasteiger charge is -2.15. The van der Waals surface area contributed by atoms with Gasteiger partial charge in [-0.2, -0.15) is 0 Å². The topological polar surface area (TPSA) is 67.9 Å². The van der Waals surface area contributed by atoms with Crippen LogP contribution in [0.1, 0.15) is 22.6 Å². The third kappa shape index (κ3) is 5.01. The molecular formula is C29H23N3O3S. The van der Waals surface area contributed by atoms with Crippen LogP contribution in [-0.2, 0) is 4.79 Å². The molecule has 0 radical (unpaired) electrons. The molecule has 178 valence electrons. The summed E-state index contributed by atoms with van der Waals surface area (Å²) in [5.41, 5.74) is 3.83. The molecule has 7 heteroatoms. The first-order valence-electron chi connectivity index (χ1n) is 11.3. The van der Waals surface area contributed by atoms with E-state index in [4.69, 9.17) is 14.3 Å². The van der Waals surface area contributed by atoms with Crippen LogP contribution in [0.3, 0.4) is 0 Å². The van der Waals surface area contributed by atoms with Gasteiger partial charge in [0.15, 0.2) is 10.9 Å². The quantitative estimate of drug-likeness (QED) is 0.271. The Hall–Kier alpha value is -4.36. The molecule has 0 atom stereocenters. The fraction of sp³-hybridized carbons (Fsp3) is 0.0690. The number of amidine groups is 1. The second-order valence-electron chi connectivity index (χ2n) is 7.98. The monoisotopic (exact) mass is 493 g/mol. The zero-order chi connectivity index (χ0) is 24.9. The molecule has 2 heterocycles. The highest BCUT2D eigenvalue weighted by atomic mass is 32.2. The Morgan fingerprint density at radius 1 is 0.917 bits per heavy atom. The molecule has 3 aromatic carbocycles. The van der Waals surface area contributed by atoms with E-state index in [0.717, 1.165) is 22.6 Å². The molecule has 1 fully saturated rings. The van der Waals surface area contributed by atoms with Crippen molar-refractivity contribution in [2.24, 2.45) is 4.99 Å². The normalized spacial score (nSPS) is 15.9. The van der Waals surface area contributed by atoms with Crippen molar-refractivity contribution in [3.05, 3.63) is 112 Å². The molecule has 1 aliphatic heterocycles. The Labute approximate surface area is 213 Å². The smallest absolute Gasteiger partial charge is 0.271 e. The number of aliphatic imine (C=N–C) groups is 1. The minimum Gasteiger partial charge on any atom is -0.497 e. The molecule has 4 aromatic rings. The van der Waals surface area contributed by atoms with Gasteiger partial charge >= 0.3 is 0 Å². The number of rotatable bonds is 6. The third-order valence-electron chi connectivity index (χ3n) is 5.51. The van der Waals surface area contributed by atoms with Crippen molar-refractivity contribution >= 4 is 52.4 Å². The van der Waals surface area contributed by atoms with Crippen molar-refractivity contribution in [2.75, 3.05) is 12.0 Å². The molecule has 1 aliphatic rings. The first kappa shape index (κ1) is 23.4. The predicted molar refractivity (Wildman–Crippen MR) is 146 cm³/mol. The van der Waals surface area contributed by atoms with Gasteiger partial charge < -0.3 is 9.26 Å². The number of ether oxygens (including phenoxy) is 1. The van der Waals surface area contributed by atoms with Gasteiger partial charge in [-0.25, -0.2) is 9.89 Å². The van der Waals surface area contributed by atoms with Crippen LogP contribution < -0.4 is 9.64 Å².